The second-order valence-corrected chi connectivity index (χ2v) is 5.94. The molecule has 1 aromatic rings. The van der Waals surface area contributed by atoms with Crippen molar-refractivity contribution in [2.45, 2.75) is 52.8 Å². The minimum Gasteiger partial charge on any atom is -0.392 e. The van der Waals surface area contributed by atoms with Crippen LogP contribution in [0.2, 0.25) is 0 Å². The van der Waals surface area contributed by atoms with E-state index in [0.717, 1.165) is 50.6 Å². The van der Waals surface area contributed by atoms with Crippen LogP contribution in [0.25, 0.3) is 0 Å². The minimum absolute atomic E-state index is 0.252. The quantitative estimate of drug-likeness (QED) is 0.888. The molecule has 0 unspecified atom stereocenters. The lowest BCUT2D eigenvalue weighted by atomic mass is 10.1. The zero-order chi connectivity index (χ0) is 14.7. The van der Waals surface area contributed by atoms with Crippen molar-refractivity contribution in [3.05, 3.63) is 17.0 Å². The van der Waals surface area contributed by atoms with Crippen LogP contribution in [0.1, 0.15) is 37.3 Å². The molecule has 0 aromatic carbocycles. The number of nitrogens with zero attached hydrogens (tertiary/aromatic N) is 3. The summed E-state index contributed by atoms with van der Waals surface area (Å²) in [5.41, 5.74) is 2.23. The molecule has 20 heavy (non-hydrogen) atoms. The molecule has 0 amide bonds. The van der Waals surface area contributed by atoms with Crippen molar-refractivity contribution in [2.75, 3.05) is 26.2 Å². The zero-order valence-electron chi connectivity index (χ0n) is 13.1. The summed E-state index contributed by atoms with van der Waals surface area (Å²) in [6.45, 7) is 12.9. The molecule has 1 aliphatic heterocycles. The number of piperazine rings is 1. The van der Waals surface area contributed by atoms with Crippen molar-refractivity contribution in [1.82, 2.24) is 15.0 Å². The fourth-order valence-electron chi connectivity index (χ4n) is 3.02. The van der Waals surface area contributed by atoms with Gasteiger partial charge in [-0.1, -0.05) is 12.1 Å². The van der Waals surface area contributed by atoms with E-state index in [4.69, 9.17) is 4.52 Å². The summed E-state index contributed by atoms with van der Waals surface area (Å²) < 4.78 is 5.24. The Morgan fingerprint density at radius 3 is 2.70 bits per heavy atom. The average molecular weight is 281 g/mol. The van der Waals surface area contributed by atoms with Gasteiger partial charge in [-0.15, -0.1) is 0 Å². The maximum Gasteiger partial charge on any atom is 0.138 e. The van der Waals surface area contributed by atoms with Gasteiger partial charge in [0.05, 0.1) is 11.8 Å². The molecule has 2 rings (SSSR count). The minimum atomic E-state index is -0.252. The summed E-state index contributed by atoms with van der Waals surface area (Å²) in [5.74, 6) is 0.932. The van der Waals surface area contributed by atoms with Crippen LogP contribution in [0.5, 0.6) is 0 Å². The van der Waals surface area contributed by atoms with Crippen LogP contribution >= 0.6 is 0 Å². The Labute approximate surface area is 121 Å². The second kappa shape index (κ2) is 6.70. The molecule has 1 aliphatic rings. The van der Waals surface area contributed by atoms with E-state index in [1.165, 1.54) is 5.56 Å². The maximum atomic E-state index is 9.59. The molecule has 1 saturated heterocycles. The number of aliphatic hydroxyl groups is 1. The molecule has 0 bridgehead atoms. The average Bonchev–Trinajstić information content (AvgIpc) is 2.71. The fourth-order valence-corrected chi connectivity index (χ4v) is 3.02. The van der Waals surface area contributed by atoms with Gasteiger partial charge in [-0.25, -0.2) is 0 Å². The molecule has 0 aliphatic carbocycles. The monoisotopic (exact) mass is 281 g/mol. The SMILES string of the molecule is CC[C@H]1CN(Cc2c(C)noc2C)CCN1C[C@@H](C)O. The number of aliphatic hydroxyl groups excluding tert-OH is 1. The predicted octanol–water partition coefficient (Wildman–Crippen LogP) is 1.57. The van der Waals surface area contributed by atoms with E-state index in [0.29, 0.717) is 6.04 Å². The third kappa shape index (κ3) is 3.59. The van der Waals surface area contributed by atoms with Crippen molar-refractivity contribution >= 4 is 0 Å². The molecule has 1 aromatic heterocycles. The number of aromatic nitrogens is 1. The third-order valence-corrected chi connectivity index (χ3v) is 4.22. The van der Waals surface area contributed by atoms with Crippen molar-refractivity contribution in [3.63, 3.8) is 0 Å². The third-order valence-electron chi connectivity index (χ3n) is 4.22. The Morgan fingerprint density at radius 2 is 2.15 bits per heavy atom. The van der Waals surface area contributed by atoms with Gasteiger partial charge in [0, 0.05) is 44.3 Å². The first-order valence-electron chi connectivity index (χ1n) is 7.57. The second-order valence-electron chi connectivity index (χ2n) is 5.94. The van der Waals surface area contributed by atoms with Crippen LogP contribution in [0.15, 0.2) is 4.52 Å². The molecule has 1 N–H and O–H groups in total. The Bertz CT molecular complexity index is 411. The lowest BCUT2D eigenvalue weighted by Crippen LogP contribution is -2.54. The molecule has 5 heteroatoms. The van der Waals surface area contributed by atoms with Gasteiger partial charge in [-0.05, 0) is 27.2 Å². The van der Waals surface area contributed by atoms with Crippen LogP contribution < -0.4 is 0 Å². The van der Waals surface area contributed by atoms with Crippen LogP contribution in [0.4, 0.5) is 0 Å². The van der Waals surface area contributed by atoms with Crippen molar-refractivity contribution in [2.24, 2.45) is 0 Å². The van der Waals surface area contributed by atoms with E-state index in [2.05, 4.69) is 21.9 Å². The van der Waals surface area contributed by atoms with Crippen molar-refractivity contribution < 1.29 is 9.63 Å². The van der Waals surface area contributed by atoms with Gasteiger partial charge in [0.1, 0.15) is 5.76 Å². The van der Waals surface area contributed by atoms with E-state index < -0.39 is 0 Å². The van der Waals surface area contributed by atoms with Crippen molar-refractivity contribution in [3.8, 4) is 0 Å². The first-order valence-corrected chi connectivity index (χ1v) is 7.57. The summed E-state index contributed by atoms with van der Waals surface area (Å²) in [5, 5.41) is 13.6. The molecule has 114 valence electrons. The van der Waals surface area contributed by atoms with E-state index >= 15 is 0 Å². The maximum absolute atomic E-state index is 9.59. The van der Waals surface area contributed by atoms with Crippen LogP contribution in [-0.2, 0) is 6.54 Å². The zero-order valence-corrected chi connectivity index (χ0v) is 13.1. The number of aryl methyl sites for hydroxylation is 2. The van der Waals surface area contributed by atoms with Crippen LogP contribution in [0.3, 0.4) is 0 Å². The summed E-state index contributed by atoms with van der Waals surface area (Å²) in [6.07, 6.45) is 0.864. The molecule has 0 spiro atoms. The Morgan fingerprint density at radius 1 is 1.40 bits per heavy atom. The van der Waals surface area contributed by atoms with Gasteiger partial charge in [-0.3, -0.25) is 9.80 Å². The van der Waals surface area contributed by atoms with E-state index in [9.17, 15) is 5.11 Å². The van der Waals surface area contributed by atoms with Crippen LogP contribution in [0, 0.1) is 13.8 Å². The summed E-state index contributed by atoms with van der Waals surface area (Å²) in [7, 11) is 0. The molecular weight excluding hydrogens is 254 g/mol. The summed E-state index contributed by atoms with van der Waals surface area (Å²) in [4.78, 5) is 4.88. The van der Waals surface area contributed by atoms with Gasteiger partial charge in [0.15, 0.2) is 0 Å². The van der Waals surface area contributed by atoms with Gasteiger partial charge in [-0.2, -0.15) is 0 Å². The molecular formula is C15H27N3O2. The largest absolute Gasteiger partial charge is 0.392 e. The van der Waals surface area contributed by atoms with Gasteiger partial charge >= 0.3 is 0 Å². The lowest BCUT2D eigenvalue weighted by Gasteiger charge is -2.41. The Hall–Kier alpha value is -0.910. The first-order chi connectivity index (χ1) is 9.51. The highest BCUT2D eigenvalue weighted by atomic mass is 16.5. The molecule has 0 saturated carbocycles. The van der Waals surface area contributed by atoms with Gasteiger partial charge in [0.2, 0.25) is 0 Å². The fraction of sp³-hybridized carbons (Fsp3) is 0.800. The number of hydrogen-bond acceptors (Lipinski definition) is 5. The Kier molecular flexibility index (Phi) is 5.18. The van der Waals surface area contributed by atoms with Gasteiger partial charge < -0.3 is 9.63 Å². The molecule has 2 heterocycles. The number of rotatable bonds is 5. The molecule has 1 fully saturated rings. The predicted molar refractivity (Wildman–Crippen MR) is 78.6 cm³/mol. The van der Waals surface area contributed by atoms with E-state index in [-0.39, 0.29) is 6.10 Å². The molecule has 2 atom stereocenters. The highest BCUT2D eigenvalue weighted by Gasteiger charge is 2.27. The highest BCUT2D eigenvalue weighted by molar-refractivity contribution is 5.20. The summed E-state index contributed by atoms with van der Waals surface area (Å²) >= 11 is 0. The summed E-state index contributed by atoms with van der Waals surface area (Å²) in [6, 6.07) is 0.527. The Balaban J connectivity index is 1.96. The van der Waals surface area contributed by atoms with E-state index in [1.807, 2.05) is 20.8 Å². The molecule has 0 radical (unpaired) electrons. The number of β-amino-alcohol motifs (C(OH)–C–C–N with tert-alkyl or cyclic N) is 1. The highest BCUT2D eigenvalue weighted by Crippen LogP contribution is 2.19. The topological polar surface area (TPSA) is 52.7 Å². The van der Waals surface area contributed by atoms with Gasteiger partial charge in [0.25, 0.3) is 0 Å². The van der Waals surface area contributed by atoms with E-state index in [1.54, 1.807) is 0 Å². The van der Waals surface area contributed by atoms with Crippen molar-refractivity contribution in [1.29, 1.82) is 0 Å². The smallest absolute Gasteiger partial charge is 0.138 e. The molecule has 5 nitrogen and oxygen atoms in total. The van der Waals surface area contributed by atoms with Crippen LogP contribution in [-0.4, -0.2) is 58.4 Å². The normalized spacial score (nSPS) is 23.1. The first kappa shape index (κ1) is 15.5. The standard InChI is InChI=1S/C15H27N3O2/c1-5-14-9-17(6-7-18(14)8-11(2)19)10-15-12(3)16-20-13(15)4/h11,14,19H,5-10H2,1-4H3/t11-,14+/m1/s1. The number of hydrogen-bond donors (Lipinski definition) is 1. The lowest BCUT2D eigenvalue weighted by molar-refractivity contribution is 0.0336.